The fraction of sp³-hybridized carbons (Fsp3) is 0.429. The van der Waals surface area contributed by atoms with Crippen LogP contribution in [-0.2, 0) is 12.6 Å². The van der Waals surface area contributed by atoms with Gasteiger partial charge in [-0.1, -0.05) is 0 Å². The lowest BCUT2D eigenvalue weighted by molar-refractivity contribution is -0.137. The fourth-order valence-corrected chi connectivity index (χ4v) is 2.39. The van der Waals surface area contributed by atoms with Gasteiger partial charge in [0.15, 0.2) is 0 Å². The van der Waals surface area contributed by atoms with E-state index in [9.17, 15) is 26.3 Å². The minimum atomic E-state index is -4.71. The zero-order valence-corrected chi connectivity index (χ0v) is 12.1. The topological polar surface area (TPSA) is 56.7 Å². The van der Waals surface area contributed by atoms with Crippen LogP contribution in [0.15, 0.2) is 18.5 Å². The quantitative estimate of drug-likeness (QED) is 0.852. The molecular formula is C14H12F6N4. The average Bonchev–Trinajstić information content (AvgIpc) is 3.19. The molecule has 0 saturated heterocycles. The Hall–Kier alpha value is -2.26. The largest absolute Gasteiger partial charge is 0.419 e. The Balaban J connectivity index is 2.02. The lowest BCUT2D eigenvalue weighted by Crippen LogP contribution is -2.15. The Labute approximate surface area is 132 Å². The molecule has 10 heteroatoms. The molecule has 0 spiro atoms. The van der Waals surface area contributed by atoms with Crippen LogP contribution >= 0.6 is 0 Å². The molecule has 3 rings (SSSR count). The van der Waals surface area contributed by atoms with Crippen LogP contribution in [-0.4, -0.2) is 20.7 Å². The number of nitrogens with two attached hydrogens (primary N) is 1. The van der Waals surface area contributed by atoms with Gasteiger partial charge in [0.1, 0.15) is 18.1 Å². The van der Waals surface area contributed by atoms with E-state index in [1.165, 1.54) is 10.8 Å². The molecule has 2 aromatic heterocycles. The van der Waals surface area contributed by atoms with Crippen molar-refractivity contribution in [1.82, 2.24) is 14.5 Å². The average molecular weight is 350 g/mol. The van der Waals surface area contributed by atoms with Crippen LogP contribution in [0.5, 0.6) is 0 Å². The van der Waals surface area contributed by atoms with Gasteiger partial charge in [0.2, 0.25) is 0 Å². The van der Waals surface area contributed by atoms with Gasteiger partial charge < -0.3 is 10.3 Å². The summed E-state index contributed by atoms with van der Waals surface area (Å²) in [5, 5.41) is 0. The molecule has 1 aliphatic rings. The van der Waals surface area contributed by atoms with Crippen LogP contribution in [0.3, 0.4) is 0 Å². The van der Waals surface area contributed by atoms with Gasteiger partial charge in [-0.15, -0.1) is 0 Å². The molecule has 1 aliphatic carbocycles. The second kappa shape index (κ2) is 5.38. The Morgan fingerprint density at radius 1 is 1.17 bits per heavy atom. The summed E-state index contributed by atoms with van der Waals surface area (Å²) < 4.78 is 78.0. The molecule has 0 atom stereocenters. The van der Waals surface area contributed by atoms with Crippen molar-refractivity contribution < 1.29 is 26.3 Å². The van der Waals surface area contributed by atoms with Gasteiger partial charge in [0, 0.05) is 24.0 Å². The standard InChI is InChI=1S/C14H12F6N4/c15-13(16,17)4-11-23-10(6-24(11)8-1-2-8)7-3-9(14(18,19)20)12(21)22-5-7/h3,5-6,8H,1-2,4H2,(H2,21,22). The van der Waals surface area contributed by atoms with Gasteiger partial charge in [-0.25, -0.2) is 9.97 Å². The highest BCUT2D eigenvalue weighted by atomic mass is 19.4. The molecule has 0 bridgehead atoms. The molecule has 1 fully saturated rings. The number of hydrogen-bond acceptors (Lipinski definition) is 3. The summed E-state index contributed by atoms with van der Waals surface area (Å²) in [4.78, 5) is 7.36. The zero-order valence-electron chi connectivity index (χ0n) is 12.1. The third-order valence-electron chi connectivity index (χ3n) is 3.63. The van der Waals surface area contributed by atoms with E-state index in [4.69, 9.17) is 5.73 Å². The molecule has 0 aliphatic heterocycles. The third-order valence-corrected chi connectivity index (χ3v) is 3.63. The van der Waals surface area contributed by atoms with Gasteiger partial charge in [-0.05, 0) is 18.9 Å². The van der Waals surface area contributed by atoms with Gasteiger partial charge in [-0.2, -0.15) is 26.3 Å². The second-order valence-corrected chi connectivity index (χ2v) is 5.63. The molecule has 2 N–H and O–H groups in total. The number of aromatic nitrogens is 3. The van der Waals surface area contributed by atoms with Crippen molar-refractivity contribution in [3.05, 3.63) is 29.8 Å². The molecule has 1 saturated carbocycles. The first-order valence-corrected chi connectivity index (χ1v) is 7.02. The highest BCUT2D eigenvalue weighted by Crippen LogP contribution is 2.39. The number of nitrogens with zero attached hydrogens (tertiary/aromatic N) is 3. The smallest absolute Gasteiger partial charge is 0.383 e. The maximum Gasteiger partial charge on any atom is 0.419 e. The minimum Gasteiger partial charge on any atom is -0.383 e. The predicted octanol–water partition coefficient (Wildman–Crippen LogP) is 3.99. The third kappa shape index (κ3) is 3.46. The molecule has 0 amide bonds. The summed E-state index contributed by atoms with van der Waals surface area (Å²) in [5.74, 6) is -0.909. The highest BCUT2D eigenvalue weighted by molar-refractivity contribution is 5.62. The van der Waals surface area contributed by atoms with Crippen LogP contribution in [0, 0.1) is 0 Å². The van der Waals surface area contributed by atoms with E-state index in [0.29, 0.717) is 12.8 Å². The first kappa shape index (κ1) is 16.6. The summed E-state index contributed by atoms with van der Waals surface area (Å²) in [7, 11) is 0. The van der Waals surface area contributed by atoms with E-state index in [2.05, 4.69) is 9.97 Å². The summed E-state index contributed by atoms with van der Waals surface area (Å²) in [6.45, 7) is 0. The van der Waals surface area contributed by atoms with Crippen molar-refractivity contribution >= 4 is 5.82 Å². The molecular weight excluding hydrogens is 338 g/mol. The molecule has 0 unspecified atom stereocenters. The zero-order chi connectivity index (χ0) is 17.7. The number of nitrogen functional groups attached to an aromatic ring is 1. The maximum absolute atomic E-state index is 12.9. The number of imidazole rings is 1. The Bertz CT molecular complexity index is 758. The second-order valence-electron chi connectivity index (χ2n) is 5.63. The highest BCUT2D eigenvalue weighted by Gasteiger charge is 2.36. The van der Waals surface area contributed by atoms with Crippen molar-refractivity contribution in [3.63, 3.8) is 0 Å². The Kier molecular flexibility index (Phi) is 3.72. The number of hydrogen-bond donors (Lipinski definition) is 1. The van der Waals surface area contributed by atoms with Crippen molar-refractivity contribution in [1.29, 1.82) is 0 Å². The van der Waals surface area contributed by atoms with E-state index in [-0.39, 0.29) is 23.1 Å². The van der Waals surface area contributed by atoms with Crippen molar-refractivity contribution in [2.24, 2.45) is 0 Å². The summed E-state index contributed by atoms with van der Waals surface area (Å²) in [6, 6.07) is 0.659. The van der Waals surface area contributed by atoms with Crippen LogP contribution < -0.4 is 5.73 Å². The fourth-order valence-electron chi connectivity index (χ4n) is 2.39. The van der Waals surface area contributed by atoms with Crippen LogP contribution in [0.4, 0.5) is 32.2 Å². The van der Waals surface area contributed by atoms with Crippen LogP contribution in [0.25, 0.3) is 11.3 Å². The first-order chi connectivity index (χ1) is 11.0. The van der Waals surface area contributed by atoms with Crippen molar-refractivity contribution in [2.45, 2.75) is 37.7 Å². The van der Waals surface area contributed by atoms with Crippen molar-refractivity contribution in [2.75, 3.05) is 5.73 Å². The number of pyridine rings is 1. The molecule has 24 heavy (non-hydrogen) atoms. The first-order valence-electron chi connectivity index (χ1n) is 7.02. The SMILES string of the molecule is Nc1ncc(-c2cn(C3CC3)c(CC(F)(F)F)n2)cc1C(F)(F)F. The molecule has 0 radical (unpaired) electrons. The van der Waals surface area contributed by atoms with Crippen LogP contribution in [0.2, 0.25) is 0 Å². The van der Waals surface area contributed by atoms with Crippen molar-refractivity contribution in [3.8, 4) is 11.3 Å². The lowest BCUT2D eigenvalue weighted by Gasteiger charge is -2.09. The molecule has 2 aromatic rings. The van der Waals surface area contributed by atoms with Gasteiger partial charge >= 0.3 is 12.4 Å². The maximum atomic E-state index is 12.9. The Morgan fingerprint density at radius 3 is 2.38 bits per heavy atom. The number of anilines is 1. The van der Waals surface area contributed by atoms with E-state index in [0.717, 1.165) is 12.3 Å². The van der Waals surface area contributed by atoms with Gasteiger partial charge in [0.25, 0.3) is 0 Å². The summed E-state index contributed by atoms with van der Waals surface area (Å²) in [6.07, 6.45) is -6.55. The molecule has 130 valence electrons. The number of alkyl halides is 6. The summed E-state index contributed by atoms with van der Waals surface area (Å²) in [5.41, 5.74) is 4.07. The van der Waals surface area contributed by atoms with Gasteiger partial charge in [0.05, 0.1) is 11.3 Å². The molecule has 2 heterocycles. The summed E-state index contributed by atoms with van der Waals surface area (Å²) >= 11 is 0. The van der Waals surface area contributed by atoms with Crippen LogP contribution in [0.1, 0.15) is 30.3 Å². The van der Waals surface area contributed by atoms with E-state index >= 15 is 0 Å². The molecule has 0 aromatic carbocycles. The van der Waals surface area contributed by atoms with E-state index in [1.807, 2.05) is 0 Å². The van der Waals surface area contributed by atoms with E-state index in [1.54, 1.807) is 0 Å². The minimum absolute atomic E-state index is 0.0131. The van der Waals surface area contributed by atoms with E-state index < -0.39 is 30.2 Å². The predicted molar refractivity (Wildman–Crippen MR) is 72.9 cm³/mol. The molecule has 4 nitrogen and oxygen atoms in total. The number of rotatable bonds is 3. The normalized spacial score (nSPS) is 15.8. The van der Waals surface area contributed by atoms with Gasteiger partial charge in [-0.3, -0.25) is 0 Å². The number of halogens is 6. The Morgan fingerprint density at radius 2 is 1.83 bits per heavy atom. The monoisotopic (exact) mass is 350 g/mol. The lowest BCUT2D eigenvalue weighted by atomic mass is 10.1.